The number of primary amides is 1. The Morgan fingerprint density at radius 1 is 1.24 bits per heavy atom. The van der Waals surface area contributed by atoms with Crippen molar-refractivity contribution in [2.75, 3.05) is 30.4 Å². The van der Waals surface area contributed by atoms with Crippen molar-refractivity contribution in [3.05, 3.63) is 30.1 Å². The molecule has 178 valence electrons. The first-order valence-corrected chi connectivity index (χ1v) is 11.4. The van der Waals surface area contributed by atoms with Gasteiger partial charge in [0.25, 0.3) is 0 Å². The summed E-state index contributed by atoms with van der Waals surface area (Å²) >= 11 is 1.29. The van der Waals surface area contributed by atoms with E-state index in [0.29, 0.717) is 48.2 Å². The third-order valence-corrected chi connectivity index (χ3v) is 7.00. The molecule has 4 N–H and O–H groups in total. The fourth-order valence-corrected chi connectivity index (χ4v) is 4.88. The minimum absolute atomic E-state index is 0.385. The van der Waals surface area contributed by atoms with Crippen LogP contribution in [0.3, 0.4) is 0 Å². The van der Waals surface area contributed by atoms with Gasteiger partial charge in [-0.15, -0.1) is 0 Å². The third kappa shape index (κ3) is 4.62. The predicted octanol–water partition coefficient (Wildman–Crippen LogP) is 3.31. The third-order valence-electron chi connectivity index (χ3n) is 5.98. The highest BCUT2D eigenvalue weighted by Gasteiger charge is 2.37. The quantitative estimate of drug-likeness (QED) is 0.356. The van der Waals surface area contributed by atoms with Crippen LogP contribution in [0.25, 0.3) is 21.3 Å². The Hall–Kier alpha value is -3.80. The van der Waals surface area contributed by atoms with Gasteiger partial charge in [-0.3, -0.25) is 10.1 Å². The summed E-state index contributed by atoms with van der Waals surface area (Å²) < 4.78 is 0.832. The van der Waals surface area contributed by atoms with Crippen molar-refractivity contribution >= 4 is 50.3 Å². The molecule has 2 aromatic heterocycles. The van der Waals surface area contributed by atoms with Crippen LogP contribution in [0.5, 0.6) is 0 Å². The summed E-state index contributed by atoms with van der Waals surface area (Å²) in [6.45, 7) is 4.77. The van der Waals surface area contributed by atoms with Gasteiger partial charge in [-0.25, -0.2) is 19.7 Å². The number of nitrogens with two attached hydrogens (primary N) is 1. The molecule has 0 bridgehead atoms. The number of hydrogen-bond donors (Lipinski definition) is 3. The molecule has 4 rings (SSSR count). The van der Waals surface area contributed by atoms with E-state index in [9.17, 15) is 14.7 Å². The number of fused-ring (bicyclic) bond motifs is 1. The molecule has 0 unspecified atom stereocenters. The molecule has 1 aliphatic rings. The first-order chi connectivity index (χ1) is 16.2. The molecule has 1 aromatic carbocycles. The molecule has 0 aliphatic carbocycles. The van der Waals surface area contributed by atoms with E-state index in [1.54, 1.807) is 19.3 Å². The van der Waals surface area contributed by atoms with Crippen LogP contribution in [0.1, 0.15) is 32.3 Å². The fraction of sp³-hybridized carbons (Fsp3) is 0.364. The second-order valence-corrected chi connectivity index (χ2v) is 9.36. The minimum Gasteiger partial charge on any atom is -0.481 e. The van der Waals surface area contributed by atoms with E-state index in [4.69, 9.17) is 10.6 Å². The Kier molecular flexibility index (Phi) is 6.33. The average Bonchev–Trinajstić information content (AvgIpc) is 3.20. The molecular formula is C22H25N7O4S. The Morgan fingerprint density at radius 2 is 1.91 bits per heavy atom. The number of carboxylic acids is 1. The SMILES string of the molecule is CO/N=C(\C)c1cc(-c2cnc(N3CCC(C)(C(=O)O)CC3)nc2)cc2nc(NC(N)=O)sc12. The predicted molar refractivity (Wildman–Crippen MR) is 130 cm³/mol. The second-order valence-electron chi connectivity index (χ2n) is 8.36. The van der Waals surface area contributed by atoms with Crippen molar-refractivity contribution in [2.45, 2.75) is 26.7 Å². The van der Waals surface area contributed by atoms with E-state index in [2.05, 4.69) is 25.4 Å². The Labute approximate surface area is 199 Å². The fourth-order valence-electron chi connectivity index (χ4n) is 3.86. The van der Waals surface area contributed by atoms with E-state index >= 15 is 0 Å². The smallest absolute Gasteiger partial charge is 0.318 e. The largest absolute Gasteiger partial charge is 0.481 e. The van der Waals surface area contributed by atoms with Crippen LogP contribution < -0.4 is 16.0 Å². The number of nitrogens with zero attached hydrogens (tertiary/aromatic N) is 5. The van der Waals surface area contributed by atoms with Gasteiger partial charge in [0.1, 0.15) is 7.11 Å². The molecule has 0 saturated carbocycles. The molecule has 3 aromatic rings. The van der Waals surface area contributed by atoms with Gasteiger partial charge in [0.05, 0.1) is 21.3 Å². The van der Waals surface area contributed by atoms with Gasteiger partial charge < -0.3 is 20.6 Å². The topological polar surface area (TPSA) is 156 Å². The summed E-state index contributed by atoms with van der Waals surface area (Å²) in [7, 11) is 1.48. The number of rotatable bonds is 6. The van der Waals surface area contributed by atoms with Gasteiger partial charge in [-0.1, -0.05) is 16.5 Å². The zero-order valence-corrected chi connectivity index (χ0v) is 19.8. The molecular weight excluding hydrogens is 458 g/mol. The summed E-state index contributed by atoms with van der Waals surface area (Å²) in [5.74, 6) is -0.200. The number of carboxylic acid groups (broad SMARTS) is 1. The van der Waals surface area contributed by atoms with Crippen molar-refractivity contribution in [2.24, 2.45) is 16.3 Å². The monoisotopic (exact) mass is 483 g/mol. The van der Waals surface area contributed by atoms with Crippen LogP contribution in [-0.4, -0.2) is 58.0 Å². The lowest BCUT2D eigenvalue weighted by molar-refractivity contribution is -0.149. The molecule has 3 heterocycles. The molecule has 0 radical (unpaired) electrons. The average molecular weight is 484 g/mol. The number of urea groups is 1. The van der Waals surface area contributed by atoms with E-state index in [0.717, 1.165) is 21.4 Å². The second kappa shape index (κ2) is 9.21. The van der Waals surface area contributed by atoms with Crippen LogP contribution in [0.15, 0.2) is 29.7 Å². The van der Waals surface area contributed by atoms with Crippen LogP contribution in [0.4, 0.5) is 15.9 Å². The van der Waals surface area contributed by atoms with E-state index in [1.807, 2.05) is 24.0 Å². The van der Waals surface area contributed by atoms with Gasteiger partial charge in [-0.05, 0) is 44.4 Å². The van der Waals surface area contributed by atoms with Crippen molar-refractivity contribution in [1.29, 1.82) is 0 Å². The maximum atomic E-state index is 11.5. The molecule has 0 spiro atoms. The lowest BCUT2D eigenvalue weighted by Crippen LogP contribution is -2.43. The molecule has 11 nitrogen and oxygen atoms in total. The lowest BCUT2D eigenvalue weighted by Gasteiger charge is -2.36. The zero-order chi connectivity index (χ0) is 24.5. The number of benzene rings is 1. The highest BCUT2D eigenvalue weighted by Crippen LogP contribution is 2.35. The van der Waals surface area contributed by atoms with E-state index in [-0.39, 0.29) is 0 Å². The molecule has 0 atom stereocenters. The Balaban J connectivity index is 1.65. The number of piperidine rings is 1. The minimum atomic E-state index is -0.766. The maximum Gasteiger partial charge on any atom is 0.318 e. The molecule has 2 amide bonds. The van der Waals surface area contributed by atoms with E-state index in [1.165, 1.54) is 18.4 Å². The lowest BCUT2D eigenvalue weighted by atomic mass is 9.80. The first kappa shape index (κ1) is 23.4. The highest BCUT2D eigenvalue weighted by molar-refractivity contribution is 7.22. The van der Waals surface area contributed by atoms with Gasteiger partial charge in [0.15, 0.2) is 5.13 Å². The van der Waals surface area contributed by atoms with Crippen molar-refractivity contribution < 1.29 is 19.5 Å². The van der Waals surface area contributed by atoms with Crippen LogP contribution in [0.2, 0.25) is 0 Å². The van der Waals surface area contributed by atoms with Gasteiger partial charge in [0.2, 0.25) is 5.95 Å². The van der Waals surface area contributed by atoms with Gasteiger partial charge >= 0.3 is 12.0 Å². The number of amides is 2. The first-order valence-electron chi connectivity index (χ1n) is 10.6. The van der Waals surface area contributed by atoms with Crippen molar-refractivity contribution in [1.82, 2.24) is 15.0 Å². The highest BCUT2D eigenvalue weighted by atomic mass is 32.1. The number of carbonyl (C=O) groups is 2. The summed E-state index contributed by atoms with van der Waals surface area (Å²) in [6, 6.07) is 3.15. The number of aliphatic carboxylic acids is 1. The maximum absolute atomic E-state index is 11.5. The Morgan fingerprint density at radius 3 is 2.50 bits per heavy atom. The zero-order valence-electron chi connectivity index (χ0n) is 19.0. The molecule has 34 heavy (non-hydrogen) atoms. The summed E-state index contributed by atoms with van der Waals surface area (Å²) in [5, 5.41) is 16.4. The number of thiazole rings is 1. The molecule has 1 aliphatic heterocycles. The summed E-state index contributed by atoms with van der Waals surface area (Å²) in [6.07, 6.45) is 4.54. The van der Waals surface area contributed by atoms with Crippen molar-refractivity contribution in [3.63, 3.8) is 0 Å². The number of oxime groups is 1. The summed E-state index contributed by atoms with van der Waals surface area (Å²) in [5.41, 5.74) is 8.26. The standard InChI is InChI=1S/C22H25N7O4S/c1-12(28-33-3)15-8-13(9-16-17(15)34-21(26-16)27-19(23)32)14-10-24-20(25-11-14)29-6-4-22(2,5-7-29)18(30)31/h8-11H,4-7H2,1-3H3,(H,30,31)(H3,23,26,27,32)/b28-12+. The number of carbonyl (C=O) groups excluding carboxylic acids is 1. The van der Waals surface area contributed by atoms with Crippen LogP contribution in [-0.2, 0) is 9.63 Å². The number of nitrogens with one attached hydrogen (secondary N) is 1. The van der Waals surface area contributed by atoms with Gasteiger partial charge in [-0.2, -0.15) is 0 Å². The summed E-state index contributed by atoms with van der Waals surface area (Å²) in [4.78, 5) is 43.2. The number of anilines is 2. The van der Waals surface area contributed by atoms with Gasteiger partial charge in [0, 0.05) is 36.6 Å². The van der Waals surface area contributed by atoms with Crippen LogP contribution >= 0.6 is 11.3 Å². The van der Waals surface area contributed by atoms with Crippen molar-refractivity contribution in [3.8, 4) is 11.1 Å². The van der Waals surface area contributed by atoms with Crippen LogP contribution in [0, 0.1) is 5.41 Å². The van der Waals surface area contributed by atoms with E-state index < -0.39 is 17.4 Å². The Bertz CT molecular complexity index is 1260. The molecule has 1 fully saturated rings. The number of hydrogen-bond acceptors (Lipinski definition) is 9. The molecule has 1 saturated heterocycles. The molecule has 12 heteroatoms. The normalized spacial score (nSPS) is 15.9. The number of aromatic nitrogens is 3.